The van der Waals surface area contributed by atoms with E-state index in [2.05, 4.69) is 36.3 Å². The first-order valence-corrected chi connectivity index (χ1v) is 13.2. The van der Waals surface area contributed by atoms with E-state index in [4.69, 9.17) is 4.18 Å². The average molecular weight is 581 g/mol. The molecule has 3 atom stereocenters. The molecule has 0 spiro atoms. The zero-order chi connectivity index (χ0) is 25.9. The summed E-state index contributed by atoms with van der Waals surface area (Å²) in [6.45, 7) is 0.0530. The highest BCUT2D eigenvalue weighted by Gasteiger charge is 2.37. The number of halogens is 1. The van der Waals surface area contributed by atoms with E-state index in [0.717, 1.165) is 10.0 Å². The van der Waals surface area contributed by atoms with Crippen LogP contribution in [0.15, 0.2) is 47.3 Å². The number of hydrogen-bond acceptors (Lipinski definition) is 10. The van der Waals surface area contributed by atoms with Gasteiger partial charge in [-0.1, -0.05) is 28.1 Å². The first-order chi connectivity index (χ1) is 17.2. The van der Waals surface area contributed by atoms with Crippen LogP contribution in [0.5, 0.6) is 0 Å². The number of carbonyl (C=O) groups excluding carboxylic acids is 1. The Balaban J connectivity index is 1.52. The molecular weight excluding hydrogens is 556 g/mol. The first kappa shape index (κ1) is 26.3. The Morgan fingerprint density at radius 1 is 1.31 bits per heavy atom. The zero-order valence-corrected chi connectivity index (χ0v) is 21.6. The minimum Gasteiger partial charge on any atom is -0.390 e. The van der Waals surface area contributed by atoms with Crippen LogP contribution in [-0.4, -0.2) is 69.5 Å². The number of nitrogens with zero attached hydrogens (tertiary/aromatic N) is 4. The highest BCUT2D eigenvalue weighted by atomic mass is 79.9. The largest absolute Gasteiger partial charge is 0.390 e. The SMILES string of the molecule is CNS(=O)(=O)O[C@@H]1C[C@H](Nc2ncncc2C(=O)c2cc(CO)n(Cc3cccc(Br)c3)n2)C[C@@H]1O. The first-order valence-electron chi connectivity index (χ1n) is 11.0. The highest BCUT2D eigenvalue weighted by Crippen LogP contribution is 2.28. The van der Waals surface area contributed by atoms with E-state index >= 15 is 0 Å². The quantitative estimate of drug-likeness (QED) is 0.254. The van der Waals surface area contributed by atoms with Crippen molar-refractivity contribution in [3.63, 3.8) is 0 Å². The van der Waals surface area contributed by atoms with Crippen molar-refractivity contribution < 1.29 is 27.6 Å². The van der Waals surface area contributed by atoms with Crippen LogP contribution in [0.2, 0.25) is 0 Å². The standard InChI is InChI=1S/C22H25BrN6O6S/c1-24-36(33,34)35-20-7-15(6-19(20)31)27-22-17(9-25-12-26-22)21(32)18-8-16(11-30)29(28-18)10-13-3-2-4-14(23)5-13/h2-5,8-9,12,15,19-20,24,30-31H,6-7,10-11H2,1H3,(H,25,26,27)/t15-,19+,20-/m1/s1. The summed E-state index contributed by atoms with van der Waals surface area (Å²) in [5.74, 6) is -0.235. The van der Waals surface area contributed by atoms with Gasteiger partial charge in [-0.25, -0.2) is 9.97 Å². The minimum absolute atomic E-state index is 0.111. The van der Waals surface area contributed by atoms with Gasteiger partial charge in [-0.3, -0.25) is 13.7 Å². The number of ketones is 1. The molecule has 0 radical (unpaired) electrons. The molecule has 1 aliphatic carbocycles. The molecule has 0 amide bonds. The third-order valence-corrected chi connectivity index (χ3v) is 7.24. The van der Waals surface area contributed by atoms with Crippen LogP contribution in [0.1, 0.15) is 40.2 Å². The Bertz CT molecular complexity index is 1350. The lowest BCUT2D eigenvalue weighted by Crippen LogP contribution is -2.31. The predicted octanol–water partition coefficient (Wildman–Crippen LogP) is 0.992. The Hall–Kier alpha value is -2.75. The van der Waals surface area contributed by atoms with Crippen molar-refractivity contribution in [2.45, 2.75) is 44.2 Å². The van der Waals surface area contributed by atoms with Gasteiger partial charge in [0.2, 0.25) is 5.78 Å². The Kier molecular flexibility index (Phi) is 8.12. The molecule has 0 saturated heterocycles. The van der Waals surface area contributed by atoms with Crippen LogP contribution in [0.25, 0.3) is 0 Å². The molecule has 0 unspecified atom stereocenters. The molecule has 14 heteroatoms. The molecular formula is C22H25BrN6O6S. The van der Waals surface area contributed by atoms with Gasteiger partial charge in [0.05, 0.1) is 30.5 Å². The summed E-state index contributed by atoms with van der Waals surface area (Å²) in [5, 5.41) is 27.6. The molecule has 1 aromatic carbocycles. The van der Waals surface area contributed by atoms with Gasteiger partial charge in [0.25, 0.3) is 0 Å². The van der Waals surface area contributed by atoms with Gasteiger partial charge in [0.1, 0.15) is 23.9 Å². The molecule has 1 aliphatic rings. The number of aliphatic hydroxyl groups is 2. The molecule has 4 N–H and O–H groups in total. The van der Waals surface area contributed by atoms with Gasteiger partial charge in [-0.15, -0.1) is 0 Å². The Morgan fingerprint density at radius 3 is 2.83 bits per heavy atom. The maximum Gasteiger partial charge on any atom is 0.335 e. The van der Waals surface area contributed by atoms with Crippen LogP contribution < -0.4 is 10.0 Å². The molecule has 192 valence electrons. The monoisotopic (exact) mass is 580 g/mol. The summed E-state index contributed by atoms with van der Waals surface area (Å²) in [7, 11) is -2.75. The van der Waals surface area contributed by atoms with Gasteiger partial charge in [0, 0.05) is 23.8 Å². The number of nitrogens with one attached hydrogen (secondary N) is 2. The van der Waals surface area contributed by atoms with E-state index in [0.29, 0.717) is 12.2 Å². The average Bonchev–Trinajstić information content (AvgIpc) is 3.41. The van der Waals surface area contributed by atoms with Gasteiger partial charge < -0.3 is 15.5 Å². The second-order valence-corrected chi connectivity index (χ2v) is 10.7. The molecule has 1 fully saturated rings. The molecule has 2 heterocycles. The molecule has 2 aromatic heterocycles. The number of rotatable bonds is 10. The smallest absolute Gasteiger partial charge is 0.335 e. The maximum atomic E-state index is 13.3. The lowest BCUT2D eigenvalue weighted by atomic mass is 10.1. The van der Waals surface area contributed by atoms with Gasteiger partial charge in [-0.05, 0) is 36.6 Å². The molecule has 3 aromatic rings. The van der Waals surface area contributed by atoms with Crippen molar-refractivity contribution in [2.75, 3.05) is 12.4 Å². The molecule has 4 rings (SSSR count). The van der Waals surface area contributed by atoms with Crippen LogP contribution in [0.4, 0.5) is 5.82 Å². The fraction of sp³-hybridized carbons (Fsp3) is 0.364. The van der Waals surface area contributed by atoms with Gasteiger partial charge in [0.15, 0.2) is 0 Å². The predicted molar refractivity (Wildman–Crippen MR) is 132 cm³/mol. The van der Waals surface area contributed by atoms with E-state index in [1.807, 2.05) is 29.0 Å². The van der Waals surface area contributed by atoms with E-state index in [-0.39, 0.29) is 36.5 Å². The molecule has 36 heavy (non-hydrogen) atoms. The summed E-state index contributed by atoms with van der Waals surface area (Å²) >= 11 is 3.43. The fourth-order valence-electron chi connectivity index (χ4n) is 3.99. The van der Waals surface area contributed by atoms with Gasteiger partial charge in [-0.2, -0.15) is 18.2 Å². The van der Waals surface area contributed by atoms with Crippen molar-refractivity contribution in [1.82, 2.24) is 24.5 Å². The fourth-order valence-corrected chi connectivity index (χ4v) is 5.07. The van der Waals surface area contributed by atoms with E-state index in [1.54, 1.807) is 4.68 Å². The highest BCUT2D eigenvalue weighted by molar-refractivity contribution is 9.10. The third-order valence-electron chi connectivity index (χ3n) is 5.75. The minimum atomic E-state index is -3.97. The second kappa shape index (κ2) is 11.1. The number of benzene rings is 1. The molecule has 0 aliphatic heterocycles. The maximum absolute atomic E-state index is 13.3. The van der Waals surface area contributed by atoms with Crippen LogP contribution in [0, 0.1) is 0 Å². The molecule has 12 nitrogen and oxygen atoms in total. The topological polar surface area (TPSA) is 169 Å². The zero-order valence-electron chi connectivity index (χ0n) is 19.2. The Morgan fingerprint density at radius 2 is 2.11 bits per heavy atom. The van der Waals surface area contributed by atoms with Crippen molar-refractivity contribution in [2.24, 2.45) is 0 Å². The lowest BCUT2D eigenvalue weighted by Gasteiger charge is -2.15. The van der Waals surface area contributed by atoms with E-state index < -0.39 is 34.3 Å². The van der Waals surface area contributed by atoms with Crippen molar-refractivity contribution in [1.29, 1.82) is 0 Å². The van der Waals surface area contributed by atoms with Gasteiger partial charge >= 0.3 is 10.3 Å². The van der Waals surface area contributed by atoms with E-state index in [9.17, 15) is 23.4 Å². The summed E-state index contributed by atoms with van der Waals surface area (Å²) in [6, 6.07) is 8.74. The second-order valence-electron chi connectivity index (χ2n) is 8.25. The third kappa shape index (κ3) is 6.14. The summed E-state index contributed by atoms with van der Waals surface area (Å²) in [4.78, 5) is 21.5. The molecule has 0 bridgehead atoms. The number of hydrogen-bond donors (Lipinski definition) is 4. The summed E-state index contributed by atoms with van der Waals surface area (Å²) in [5.41, 5.74) is 1.66. The van der Waals surface area contributed by atoms with Crippen molar-refractivity contribution in [3.8, 4) is 0 Å². The number of aromatic nitrogens is 4. The number of carbonyl (C=O) groups is 1. The van der Waals surface area contributed by atoms with Crippen molar-refractivity contribution in [3.05, 3.63) is 69.8 Å². The summed E-state index contributed by atoms with van der Waals surface area (Å²) < 4.78 is 32.9. The van der Waals surface area contributed by atoms with Crippen molar-refractivity contribution >= 4 is 37.8 Å². The van der Waals surface area contributed by atoms with Crippen LogP contribution in [0.3, 0.4) is 0 Å². The van der Waals surface area contributed by atoms with Crippen LogP contribution in [-0.2, 0) is 27.6 Å². The normalized spacial score (nSPS) is 19.9. The number of aliphatic hydroxyl groups excluding tert-OH is 2. The molecule has 1 saturated carbocycles. The lowest BCUT2D eigenvalue weighted by molar-refractivity contribution is 0.0636. The Labute approximate surface area is 216 Å². The van der Waals surface area contributed by atoms with E-state index in [1.165, 1.54) is 25.6 Å². The number of anilines is 1. The summed E-state index contributed by atoms with van der Waals surface area (Å²) in [6.07, 6.45) is 1.03. The van der Waals surface area contributed by atoms with Crippen LogP contribution >= 0.6 is 15.9 Å².